The van der Waals surface area contributed by atoms with E-state index in [1.807, 2.05) is 30.3 Å². The standard InChI is InChI=1S/C15H15NO5/c17-14(18)8-13(12-6-7-20-10-12)16-15(19)21-9-11-4-2-1-3-5-11/h1-7,10,13H,8-9H2,(H,16,19)(H,17,18)/t13-/m0/s1. The Morgan fingerprint density at radius 1 is 1.24 bits per heavy atom. The lowest BCUT2D eigenvalue weighted by atomic mass is 10.1. The molecule has 1 aromatic heterocycles. The van der Waals surface area contributed by atoms with Crippen LogP contribution in [0.1, 0.15) is 23.6 Å². The second-order valence-corrected chi connectivity index (χ2v) is 4.41. The van der Waals surface area contributed by atoms with Gasteiger partial charge >= 0.3 is 12.1 Å². The number of carboxylic acids is 1. The molecule has 1 amide bonds. The van der Waals surface area contributed by atoms with Crippen LogP contribution in [0.5, 0.6) is 0 Å². The second-order valence-electron chi connectivity index (χ2n) is 4.41. The predicted octanol–water partition coefficient (Wildman–Crippen LogP) is 2.72. The van der Waals surface area contributed by atoms with Gasteiger partial charge in [0, 0.05) is 5.56 Å². The Labute approximate surface area is 121 Å². The number of rotatable bonds is 6. The zero-order valence-corrected chi connectivity index (χ0v) is 11.2. The number of hydrogen-bond acceptors (Lipinski definition) is 4. The molecule has 6 nitrogen and oxygen atoms in total. The average molecular weight is 289 g/mol. The predicted molar refractivity (Wildman–Crippen MR) is 73.5 cm³/mol. The fraction of sp³-hybridized carbons (Fsp3) is 0.200. The molecule has 0 radical (unpaired) electrons. The molecule has 1 heterocycles. The van der Waals surface area contributed by atoms with Crippen LogP contribution in [0.4, 0.5) is 4.79 Å². The molecular formula is C15H15NO5. The van der Waals surface area contributed by atoms with Crippen molar-refractivity contribution >= 4 is 12.1 Å². The van der Waals surface area contributed by atoms with Crippen LogP contribution in [0, 0.1) is 0 Å². The van der Waals surface area contributed by atoms with Gasteiger partial charge < -0.3 is 19.6 Å². The van der Waals surface area contributed by atoms with Crippen molar-refractivity contribution in [1.29, 1.82) is 0 Å². The van der Waals surface area contributed by atoms with E-state index >= 15 is 0 Å². The van der Waals surface area contributed by atoms with Gasteiger partial charge in [-0.15, -0.1) is 0 Å². The topological polar surface area (TPSA) is 88.8 Å². The van der Waals surface area contributed by atoms with Crippen molar-refractivity contribution in [3.8, 4) is 0 Å². The zero-order valence-electron chi connectivity index (χ0n) is 11.2. The Bertz CT molecular complexity index is 579. The van der Waals surface area contributed by atoms with Crippen molar-refractivity contribution in [3.63, 3.8) is 0 Å². The third-order valence-corrected chi connectivity index (χ3v) is 2.83. The minimum absolute atomic E-state index is 0.123. The van der Waals surface area contributed by atoms with Crippen molar-refractivity contribution in [3.05, 3.63) is 60.1 Å². The van der Waals surface area contributed by atoms with E-state index < -0.39 is 18.1 Å². The van der Waals surface area contributed by atoms with Gasteiger partial charge in [-0.1, -0.05) is 30.3 Å². The molecule has 0 saturated heterocycles. The van der Waals surface area contributed by atoms with Gasteiger partial charge in [-0.3, -0.25) is 4.79 Å². The number of alkyl carbamates (subject to hydrolysis) is 1. The molecule has 0 fully saturated rings. The van der Waals surface area contributed by atoms with Crippen LogP contribution < -0.4 is 5.32 Å². The molecule has 1 aromatic carbocycles. The highest BCUT2D eigenvalue weighted by Crippen LogP contribution is 2.17. The van der Waals surface area contributed by atoms with Gasteiger partial charge in [-0.2, -0.15) is 0 Å². The summed E-state index contributed by atoms with van der Waals surface area (Å²) in [6, 6.07) is 10.1. The Morgan fingerprint density at radius 3 is 2.62 bits per heavy atom. The highest BCUT2D eigenvalue weighted by molar-refractivity contribution is 5.71. The third kappa shape index (κ3) is 4.68. The summed E-state index contributed by atoms with van der Waals surface area (Å²) in [7, 11) is 0. The van der Waals surface area contributed by atoms with Crippen molar-refractivity contribution in [2.75, 3.05) is 0 Å². The van der Waals surface area contributed by atoms with Crippen molar-refractivity contribution in [1.82, 2.24) is 5.32 Å². The van der Waals surface area contributed by atoms with Gasteiger partial charge in [0.25, 0.3) is 0 Å². The lowest BCUT2D eigenvalue weighted by Gasteiger charge is -2.15. The molecule has 6 heteroatoms. The SMILES string of the molecule is O=C(O)C[C@H](NC(=O)OCc1ccccc1)c1ccoc1. The summed E-state index contributed by atoms with van der Waals surface area (Å²) < 4.78 is 9.97. The fourth-order valence-corrected chi connectivity index (χ4v) is 1.81. The molecule has 0 spiro atoms. The van der Waals surface area contributed by atoms with E-state index in [-0.39, 0.29) is 13.0 Å². The van der Waals surface area contributed by atoms with Crippen LogP contribution in [0.15, 0.2) is 53.3 Å². The second kappa shape index (κ2) is 7.14. The van der Waals surface area contributed by atoms with Gasteiger partial charge in [0.15, 0.2) is 0 Å². The first-order valence-corrected chi connectivity index (χ1v) is 6.36. The number of carbonyl (C=O) groups excluding carboxylic acids is 1. The molecule has 0 aliphatic carbocycles. The van der Waals surface area contributed by atoms with Crippen molar-refractivity contribution in [2.45, 2.75) is 19.1 Å². The van der Waals surface area contributed by atoms with E-state index in [9.17, 15) is 9.59 Å². The van der Waals surface area contributed by atoms with Gasteiger partial charge in [-0.05, 0) is 11.6 Å². The van der Waals surface area contributed by atoms with Crippen LogP contribution >= 0.6 is 0 Å². The summed E-state index contributed by atoms with van der Waals surface area (Å²) in [5, 5.41) is 11.4. The first kappa shape index (κ1) is 14.6. The molecule has 0 bridgehead atoms. The smallest absolute Gasteiger partial charge is 0.407 e. The van der Waals surface area contributed by atoms with E-state index in [4.69, 9.17) is 14.3 Å². The monoisotopic (exact) mass is 289 g/mol. The number of nitrogens with one attached hydrogen (secondary N) is 1. The largest absolute Gasteiger partial charge is 0.481 e. The summed E-state index contributed by atoms with van der Waals surface area (Å²) >= 11 is 0. The van der Waals surface area contributed by atoms with Crippen LogP contribution in [-0.2, 0) is 16.1 Å². The number of carboxylic acid groups (broad SMARTS) is 1. The van der Waals surface area contributed by atoms with Crippen LogP contribution in [-0.4, -0.2) is 17.2 Å². The zero-order chi connectivity index (χ0) is 15.1. The molecule has 2 aromatic rings. The maximum atomic E-state index is 11.7. The summed E-state index contributed by atoms with van der Waals surface area (Å²) in [4.78, 5) is 22.6. The Morgan fingerprint density at radius 2 is 2.00 bits per heavy atom. The van der Waals surface area contributed by atoms with Crippen molar-refractivity contribution < 1.29 is 23.8 Å². The highest BCUT2D eigenvalue weighted by Gasteiger charge is 2.19. The highest BCUT2D eigenvalue weighted by atomic mass is 16.5. The quantitative estimate of drug-likeness (QED) is 0.853. The summed E-state index contributed by atoms with van der Waals surface area (Å²) in [5.74, 6) is -1.02. The maximum absolute atomic E-state index is 11.7. The number of amides is 1. The summed E-state index contributed by atoms with van der Waals surface area (Å²) in [5.41, 5.74) is 1.43. The minimum Gasteiger partial charge on any atom is -0.481 e. The average Bonchev–Trinajstić information content (AvgIpc) is 2.99. The van der Waals surface area contributed by atoms with Gasteiger partial charge in [0.2, 0.25) is 0 Å². The molecule has 2 rings (SSSR count). The number of furan rings is 1. The van der Waals surface area contributed by atoms with Crippen LogP contribution in [0.25, 0.3) is 0 Å². The number of aliphatic carboxylic acids is 1. The third-order valence-electron chi connectivity index (χ3n) is 2.83. The van der Waals surface area contributed by atoms with Gasteiger partial charge in [-0.25, -0.2) is 4.79 Å². The van der Waals surface area contributed by atoms with E-state index in [0.29, 0.717) is 5.56 Å². The maximum Gasteiger partial charge on any atom is 0.407 e. The molecule has 0 unspecified atom stereocenters. The van der Waals surface area contributed by atoms with Crippen LogP contribution in [0.2, 0.25) is 0 Å². The molecule has 2 N–H and O–H groups in total. The fourth-order valence-electron chi connectivity index (χ4n) is 1.81. The molecule has 1 atom stereocenters. The van der Waals surface area contributed by atoms with E-state index in [2.05, 4.69) is 5.32 Å². The molecule has 110 valence electrons. The minimum atomic E-state index is -1.02. The first-order chi connectivity index (χ1) is 10.1. The number of ether oxygens (including phenoxy) is 1. The van der Waals surface area contributed by atoms with E-state index in [1.54, 1.807) is 6.07 Å². The van der Waals surface area contributed by atoms with Gasteiger partial charge in [0.1, 0.15) is 6.61 Å². The van der Waals surface area contributed by atoms with E-state index in [0.717, 1.165) is 5.56 Å². The van der Waals surface area contributed by atoms with Crippen LogP contribution in [0.3, 0.4) is 0 Å². The molecule has 0 aliphatic rings. The molecule has 0 saturated carbocycles. The Hall–Kier alpha value is -2.76. The number of hydrogen-bond donors (Lipinski definition) is 2. The lowest BCUT2D eigenvalue weighted by molar-refractivity contribution is -0.137. The molecule has 21 heavy (non-hydrogen) atoms. The van der Waals surface area contributed by atoms with Gasteiger partial charge in [0.05, 0.1) is 25.0 Å². The Kier molecular flexibility index (Phi) is 4.98. The number of benzene rings is 1. The van der Waals surface area contributed by atoms with E-state index in [1.165, 1.54) is 12.5 Å². The summed E-state index contributed by atoms with van der Waals surface area (Å²) in [6.45, 7) is 0.123. The van der Waals surface area contributed by atoms with Crippen molar-refractivity contribution in [2.24, 2.45) is 0 Å². The summed E-state index contributed by atoms with van der Waals surface area (Å²) in [6.07, 6.45) is 1.89. The molecular weight excluding hydrogens is 274 g/mol. The lowest BCUT2D eigenvalue weighted by Crippen LogP contribution is -2.30. The Balaban J connectivity index is 1.90. The first-order valence-electron chi connectivity index (χ1n) is 6.36. The molecule has 0 aliphatic heterocycles. The number of carbonyl (C=O) groups is 2. The normalized spacial score (nSPS) is 11.6.